The summed E-state index contributed by atoms with van der Waals surface area (Å²) in [4.78, 5) is 40.1. The lowest BCUT2D eigenvalue weighted by Gasteiger charge is -2.32. The van der Waals surface area contributed by atoms with Gasteiger partial charge in [0.2, 0.25) is 15.9 Å². The topological polar surface area (TPSA) is 114 Å². The highest BCUT2D eigenvalue weighted by Gasteiger charge is 2.31. The molecule has 1 aliphatic carbocycles. The van der Waals surface area contributed by atoms with Crippen molar-refractivity contribution in [2.75, 3.05) is 25.5 Å². The average molecular weight is 486 g/mol. The van der Waals surface area contributed by atoms with Gasteiger partial charge in [-0.25, -0.2) is 0 Å². The smallest absolute Gasteiger partial charge is 0.286 e. The summed E-state index contributed by atoms with van der Waals surface area (Å²) in [6.07, 6.45) is 8.39. The highest BCUT2D eigenvalue weighted by Crippen LogP contribution is 2.23. The fourth-order valence-corrected chi connectivity index (χ4v) is 5.22. The molecule has 0 radical (unpaired) electrons. The van der Waals surface area contributed by atoms with E-state index in [0.29, 0.717) is 24.5 Å². The number of rotatable bonds is 6. The van der Waals surface area contributed by atoms with E-state index in [-0.39, 0.29) is 33.8 Å². The number of amides is 3. The maximum atomic E-state index is 13.0. The molecule has 2 aliphatic rings. The number of nitrogens with one attached hydrogen (secondary N) is 2. The van der Waals surface area contributed by atoms with Crippen LogP contribution in [0.25, 0.3) is 0 Å². The number of anilines is 1. The molecule has 2 N–H and O–H groups in total. The van der Waals surface area contributed by atoms with E-state index < -0.39 is 5.91 Å². The third-order valence-electron chi connectivity index (χ3n) is 6.43. The summed E-state index contributed by atoms with van der Waals surface area (Å²) in [5.41, 5.74) is 0.590. The van der Waals surface area contributed by atoms with E-state index in [0.717, 1.165) is 49.9 Å². The van der Waals surface area contributed by atoms with Crippen LogP contribution < -0.4 is 15.4 Å². The van der Waals surface area contributed by atoms with Gasteiger partial charge in [0.25, 0.3) is 11.8 Å². The van der Waals surface area contributed by atoms with E-state index in [2.05, 4.69) is 20.8 Å². The highest BCUT2D eigenvalue weighted by atomic mass is 32.1. The van der Waals surface area contributed by atoms with Crippen LogP contribution in [0.3, 0.4) is 0 Å². The number of methoxy groups -OCH3 is 1. The van der Waals surface area contributed by atoms with E-state index in [1.54, 1.807) is 36.3 Å². The highest BCUT2D eigenvalue weighted by molar-refractivity contribution is 7.15. The first-order chi connectivity index (χ1) is 16.5. The van der Waals surface area contributed by atoms with Crippen LogP contribution in [-0.4, -0.2) is 59.1 Å². The summed E-state index contributed by atoms with van der Waals surface area (Å²) in [5.74, 6) is -0.202. The lowest BCUT2D eigenvalue weighted by molar-refractivity contribution is -0.127. The van der Waals surface area contributed by atoms with Crippen LogP contribution in [0.4, 0.5) is 5.69 Å². The zero-order valence-electron chi connectivity index (χ0n) is 19.4. The van der Waals surface area contributed by atoms with Crippen molar-refractivity contribution in [3.05, 3.63) is 34.3 Å². The molecule has 1 saturated carbocycles. The van der Waals surface area contributed by atoms with E-state index in [9.17, 15) is 14.4 Å². The van der Waals surface area contributed by atoms with Gasteiger partial charge in [0.15, 0.2) is 0 Å². The summed E-state index contributed by atoms with van der Waals surface area (Å²) in [5, 5.41) is 14.1. The summed E-state index contributed by atoms with van der Waals surface area (Å²) >= 11 is 0.959. The number of piperidine rings is 1. The minimum Gasteiger partial charge on any atom is -0.497 e. The van der Waals surface area contributed by atoms with Gasteiger partial charge in [-0.3, -0.25) is 14.4 Å². The van der Waals surface area contributed by atoms with Gasteiger partial charge in [0, 0.05) is 24.8 Å². The van der Waals surface area contributed by atoms with Crippen LogP contribution in [0.15, 0.2) is 24.3 Å². The number of likely N-dealkylation sites (tertiary alicyclic amines) is 1. The van der Waals surface area contributed by atoms with Crippen LogP contribution in [0.5, 0.6) is 5.75 Å². The Morgan fingerprint density at radius 1 is 0.971 bits per heavy atom. The maximum Gasteiger partial charge on any atom is 0.286 e. The number of aromatic nitrogens is 2. The Kier molecular flexibility index (Phi) is 8.10. The molecule has 1 atom stereocenters. The number of hydrogen-bond donors (Lipinski definition) is 2. The molecule has 0 spiro atoms. The summed E-state index contributed by atoms with van der Waals surface area (Å²) in [7, 11) is 1.57. The van der Waals surface area contributed by atoms with E-state index >= 15 is 0 Å². The molecule has 3 amide bonds. The second-order valence-electron chi connectivity index (χ2n) is 8.88. The minimum atomic E-state index is -0.430. The zero-order valence-corrected chi connectivity index (χ0v) is 20.2. The second kappa shape index (κ2) is 11.4. The van der Waals surface area contributed by atoms with Crippen LogP contribution in [0, 0.1) is 5.92 Å². The minimum absolute atomic E-state index is 0.0428. The third kappa shape index (κ3) is 6.11. The molecule has 2 heterocycles. The largest absolute Gasteiger partial charge is 0.497 e. The predicted molar refractivity (Wildman–Crippen MR) is 129 cm³/mol. The molecule has 9 nitrogen and oxygen atoms in total. The Morgan fingerprint density at radius 2 is 1.68 bits per heavy atom. The molecular weight excluding hydrogens is 454 g/mol. The van der Waals surface area contributed by atoms with Crippen molar-refractivity contribution in [3.8, 4) is 5.75 Å². The summed E-state index contributed by atoms with van der Waals surface area (Å²) in [6, 6.07) is 7.17. The number of hydrogen-bond acceptors (Lipinski definition) is 7. The first-order valence-electron chi connectivity index (χ1n) is 11.9. The fraction of sp³-hybridized carbons (Fsp3) is 0.542. The van der Waals surface area contributed by atoms with E-state index in [1.165, 1.54) is 12.8 Å². The SMILES string of the molecule is COc1ccc(NC(=O)c2nnc(C(=O)N3CCCC(C(=O)NC4CCCCCC4)C3)s2)cc1. The van der Waals surface area contributed by atoms with Gasteiger partial charge in [0.1, 0.15) is 5.75 Å². The molecule has 10 heteroatoms. The molecule has 1 saturated heterocycles. The third-order valence-corrected chi connectivity index (χ3v) is 7.34. The van der Waals surface area contributed by atoms with Crippen molar-refractivity contribution in [1.82, 2.24) is 20.4 Å². The molecule has 1 aromatic heterocycles. The number of nitrogens with zero attached hydrogens (tertiary/aromatic N) is 3. The van der Waals surface area contributed by atoms with Gasteiger partial charge in [-0.2, -0.15) is 0 Å². The van der Waals surface area contributed by atoms with Crippen molar-refractivity contribution in [1.29, 1.82) is 0 Å². The van der Waals surface area contributed by atoms with Gasteiger partial charge < -0.3 is 20.3 Å². The summed E-state index contributed by atoms with van der Waals surface area (Å²) < 4.78 is 5.11. The number of carbonyl (C=O) groups is 3. The normalized spacial score (nSPS) is 19.2. The maximum absolute atomic E-state index is 13.0. The molecule has 2 fully saturated rings. The lowest BCUT2D eigenvalue weighted by atomic mass is 9.96. The zero-order chi connectivity index (χ0) is 23.9. The molecule has 1 aliphatic heterocycles. The number of benzene rings is 1. The molecule has 4 rings (SSSR count). The van der Waals surface area contributed by atoms with E-state index in [1.807, 2.05) is 0 Å². The van der Waals surface area contributed by atoms with Crippen molar-refractivity contribution in [2.24, 2.45) is 5.92 Å². The number of carbonyl (C=O) groups excluding carboxylic acids is 3. The first kappa shape index (κ1) is 24.1. The van der Waals surface area contributed by atoms with Gasteiger partial charge in [-0.05, 0) is 49.9 Å². The second-order valence-corrected chi connectivity index (χ2v) is 9.86. The van der Waals surface area contributed by atoms with Gasteiger partial charge in [-0.15, -0.1) is 10.2 Å². The molecule has 2 aromatic rings. The van der Waals surface area contributed by atoms with E-state index in [4.69, 9.17) is 4.74 Å². The van der Waals surface area contributed by atoms with Crippen LogP contribution in [-0.2, 0) is 4.79 Å². The van der Waals surface area contributed by atoms with Crippen molar-refractivity contribution >= 4 is 34.7 Å². The molecule has 34 heavy (non-hydrogen) atoms. The first-order valence-corrected chi connectivity index (χ1v) is 12.7. The average Bonchev–Trinajstić information content (AvgIpc) is 3.23. The Morgan fingerprint density at radius 3 is 2.38 bits per heavy atom. The Hall–Kier alpha value is -3.01. The monoisotopic (exact) mass is 485 g/mol. The molecule has 182 valence electrons. The van der Waals surface area contributed by atoms with Crippen molar-refractivity contribution in [3.63, 3.8) is 0 Å². The molecular formula is C24H31N5O4S. The van der Waals surface area contributed by atoms with Crippen molar-refractivity contribution in [2.45, 2.75) is 57.4 Å². The van der Waals surface area contributed by atoms with Gasteiger partial charge in [-0.1, -0.05) is 37.0 Å². The van der Waals surface area contributed by atoms with Gasteiger partial charge >= 0.3 is 0 Å². The summed E-state index contributed by atoms with van der Waals surface area (Å²) in [6.45, 7) is 0.934. The standard InChI is InChI=1S/C24H31N5O4S/c1-33-19-12-10-18(11-13-19)26-21(31)22-27-28-23(34-22)24(32)29-14-6-7-16(15-29)20(30)25-17-8-4-2-3-5-9-17/h10-13,16-17H,2-9,14-15H2,1H3,(H,25,30)(H,26,31). The van der Waals surface area contributed by atoms with Crippen LogP contribution in [0.2, 0.25) is 0 Å². The van der Waals surface area contributed by atoms with Gasteiger partial charge in [0.05, 0.1) is 13.0 Å². The Bertz CT molecular complexity index is 1000. The molecule has 1 aromatic carbocycles. The number of ether oxygens (including phenoxy) is 1. The Balaban J connectivity index is 1.33. The molecule has 0 bridgehead atoms. The van der Waals surface area contributed by atoms with Crippen molar-refractivity contribution < 1.29 is 19.1 Å². The van der Waals surface area contributed by atoms with Crippen LogP contribution in [0.1, 0.15) is 71.0 Å². The molecule has 1 unspecified atom stereocenters. The van der Waals surface area contributed by atoms with Crippen LogP contribution >= 0.6 is 11.3 Å². The lowest BCUT2D eigenvalue weighted by Crippen LogP contribution is -2.47. The fourth-order valence-electron chi connectivity index (χ4n) is 4.51. The predicted octanol–water partition coefficient (Wildman–Crippen LogP) is 3.49. The quantitative estimate of drug-likeness (QED) is 0.606. The Labute approximate surface area is 203 Å².